The van der Waals surface area contributed by atoms with E-state index < -0.39 is 0 Å². The normalized spacial score (nSPS) is 10.3. The average molecular weight is 444 g/mol. The van der Waals surface area contributed by atoms with E-state index in [2.05, 4.69) is 20.8 Å². The number of hydrogen-bond donors (Lipinski definition) is 0. The maximum atomic E-state index is 5.53. The van der Waals surface area contributed by atoms with Crippen LogP contribution in [0.5, 0.6) is 23.0 Å². The van der Waals surface area contributed by atoms with E-state index in [1.54, 1.807) is 28.4 Å². The summed E-state index contributed by atoms with van der Waals surface area (Å²) in [6.45, 7) is 0. The summed E-state index contributed by atoms with van der Waals surface area (Å²) < 4.78 is 22.4. The van der Waals surface area contributed by atoms with Crippen LogP contribution >= 0.6 is 15.9 Å². The van der Waals surface area contributed by atoms with Crippen LogP contribution in [0.15, 0.2) is 65.1 Å². The van der Waals surface area contributed by atoms with Crippen molar-refractivity contribution < 1.29 is 18.9 Å². The quantitative estimate of drug-likeness (QED) is 0.450. The molecule has 0 unspecified atom stereocenters. The molecule has 0 aliphatic rings. The van der Waals surface area contributed by atoms with Crippen LogP contribution in [0, 0.1) is 0 Å². The SMILES string of the molecule is COc1ccc(N(c2ccc(OC)cc2)c2cc(OC)c(Br)c(OC)c2)cc1. The summed E-state index contributed by atoms with van der Waals surface area (Å²) in [4.78, 5) is 2.11. The molecule has 3 aromatic carbocycles. The van der Waals surface area contributed by atoms with Gasteiger partial charge in [0.15, 0.2) is 0 Å². The minimum absolute atomic E-state index is 0.682. The van der Waals surface area contributed by atoms with Crippen LogP contribution in [-0.2, 0) is 0 Å². The van der Waals surface area contributed by atoms with Crippen molar-refractivity contribution in [3.8, 4) is 23.0 Å². The van der Waals surface area contributed by atoms with Gasteiger partial charge in [-0.2, -0.15) is 0 Å². The van der Waals surface area contributed by atoms with Crippen LogP contribution in [0.3, 0.4) is 0 Å². The van der Waals surface area contributed by atoms with Gasteiger partial charge >= 0.3 is 0 Å². The predicted octanol–water partition coefficient (Wildman–Crippen LogP) is 5.95. The van der Waals surface area contributed by atoms with Gasteiger partial charge in [0.25, 0.3) is 0 Å². The lowest BCUT2D eigenvalue weighted by molar-refractivity contribution is 0.390. The molecule has 0 N–H and O–H groups in total. The maximum Gasteiger partial charge on any atom is 0.138 e. The second-order valence-corrected chi connectivity index (χ2v) is 6.69. The third-order valence-corrected chi connectivity index (χ3v) is 5.13. The van der Waals surface area contributed by atoms with Crippen LogP contribution in [0.2, 0.25) is 0 Å². The Kier molecular flexibility index (Phi) is 6.31. The highest BCUT2D eigenvalue weighted by Crippen LogP contribution is 2.43. The lowest BCUT2D eigenvalue weighted by Crippen LogP contribution is -2.10. The van der Waals surface area contributed by atoms with Crippen LogP contribution in [0.1, 0.15) is 0 Å². The number of halogens is 1. The van der Waals surface area contributed by atoms with Gasteiger partial charge in [-0.1, -0.05) is 0 Å². The molecular formula is C22H22BrNO4. The zero-order valence-corrected chi connectivity index (χ0v) is 17.8. The molecule has 0 aliphatic carbocycles. The molecule has 28 heavy (non-hydrogen) atoms. The second-order valence-electron chi connectivity index (χ2n) is 5.90. The highest BCUT2D eigenvalue weighted by atomic mass is 79.9. The van der Waals surface area contributed by atoms with Gasteiger partial charge in [-0.3, -0.25) is 0 Å². The van der Waals surface area contributed by atoms with Gasteiger partial charge in [-0.05, 0) is 64.5 Å². The average Bonchev–Trinajstić information content (AvgIpc) is 2.75. The first-order valence-corrected chi connectivity index (χ1v) is 9.40. The number of hydrogen-bond acceptors (Lipinski definition) is 5. The van der Waals surface area contributed by atoms with E-state index in [9.17, 15) is 0 Å². The van der Waals surface area contributed by atoms with Crippen molar-refractivity contribution in [2.75, 3.05) is 33.3 Å². The van der Waals surface area contributed by atoms with Gasteiger partial charge < -0.3 is 23.8 Å². The van der Waals surface area contributed by atoms with Crippen LogP contribution in [-0.4, -0.2) is 28.4 Å². The lowest BCUT2D eigenvalue weighted by Gasteiger charge is -2.27. The number of anilines is 3. The zero-order chi connectivity index (χ0) is 20.1. The first-order chi connectivity index (χ1) is 13.6. The van der Waals surface area contributed by atoms with Crippen LogP contribution < -0.4 is 23.8 Å². The fourth-order valence-corrected chi connectivity index (χ4v) is 3.45. The van der Waals surface area contributed by atoms with Crippen molar-refractivity contribution in [2.45, 2.75) is 0 Å². The van der Waals surface area contributed by atoms with Crippen molar-refractivity contribution in [3.05, 3.63) is 65.1 Å². The molecule has 0 atom stereocenters. The minimum atomic E-state index is 0.682. The molecule has 0 aliphatic heterocycles. The Hall–Kier alpha value is -2.86. The fourth-order valence-electron chi connectivity index (χ4n) is 2.89. The van der Waals surface area contributed by atoms with Gasteiger partial charge in [0.05, 0.1) is 34.1 Å². The second kappa shape index (κ2) is 8.89. The Labute approximate surface area is 173 Å². The topological polar surface area (TPSA) is 40.2 Å². The lowest BCUT2D eigenvalue weighted by atomic mass is 10.1. The summed E-state index contributed by atoms with van der Waals surface area (Å²) in [6, 6.07) is 19.7. The van der Waals surface area contributed by atoms with E-state index in [1.807, 2.05) is 60.7 Å². The molecule has 3 rings (SSSR count). The highest BCUT2D eigenvalue weighted by Gasteiger charge is 2.18. The van der Waals surface area contributed by atoms with Gasteiger partial charge in [0, 0.05) is 23.5 Å². The van der Waals surface area contributed by atoms with E-state index in [4.69, 9.17) is 18.9 Å². The fraction of sp³-hybridized carbons (Fsp3) is 0.182. The van der Waals surface area contributed by atoms with Gasteiger partial charge in [0.2, 0.25) is 0 Å². The van der Waals surface area contributed by atoms with Crippen molar-refractivity contribution in [1.82, 2.24) is 0 Å². The number of ether oxygens (including phenoxy) is 4. The molecule has 0 saturated heterocycles. The first-order valence-electron chi connectivity index (χ1n) is 8.61. The summed E-state index contributed by atoms with van der Waals surface area (Å²) >= 11 is 3.53. The number of rotatable bonds is 7. The molecule has 0 saturated carbocycles. The number of nitrogens with zero attached hydrogens (tertiary/aromatic N) is 1. The van der Waals surface area contributed by atoms with E-state index in [1.165, 1.54) is 0 Å². The predicted molar refractivity (Wildman–Crippen MR) is 115 cm³/mol. The zero-order valence-electron chi connectivity index (χ0n) is 16.2. The van der Waals surface area contributed by atoms with Crippen molar-refractivity contribution in [2.24, 2.45) is 0 Å². The Morgan fingerprint density at radius 3 is 1.29 bits per heavy atom. The summed E-state index contributed by atoms with van der Waals surface area (Å²) in [5.41, 5.74) is 2.84. The third kappa shape index (κ3) is 4.02. The Bertz CT molecular complexity index is 854. The molecule has 5 nitrogen and oxygen atoms in total. The smallest absolute Gasteiger partial charge is 0.138 e. The Morgan fingerprint density at radius 2 is 0.964 bits per heavy atom. The minimum Gasteiger partial charge on any atom is -0.497 e. The molecule has 0 fully saturated rings. The molecule has 3 aromatic rings. The number of methoxy groups -OCH3 is 4. The molecule has 0 heterocycles. The third-order valence-electron chi connectivity index (χ3n) is 4.35. The maximum absolute atomic E-state index is 5.53. The summed E-state index contributed by atoms with van der Waals surface area (Å²) in [5.74, 6) is 2.96. The van der Waals surface area contributed by atoms with Gasteiger partial charge in [-0.25, -0.2) is 0 Å². The van der Waals surface area contributed by atoms with E-state index in [-0.39, 0.29) is 0 Å². The van der Waals surface area contributed by atoms with E-state index >= 15 is 0 Å². The monoisotopic (exact) mass is 443 g/mol. The molecule has 6 heteroatoms. The standard InChI is InChI=1S/C22H22BrNO4/c1-25-18-9-5-15(6-10-18)24(16-7-11-19(26-2)12-8-16)17-13-20(27-3)22(23)21(14-17)28-4/h5-14H,1-4H3. The first kappa shape index (κ1) is 19.9. The number of benzene rings is 3. The van der Waals surface area contributed by atoms with Gasteiger partial charge in [-0.15, -0.1) is 0 Å². The van der Waals surface area contributed by atoms with Crippen molar-refractivity contribution in [3.63, 3.8) is 0 Å². The summed E-state index contributed by atoms with van der Waals surface area (Å²) in [6.07, 6.45) is 0. The van der Waals surface area contributed by atoms with Gasteiger partial charge in [0.1, 0.15) is 27.5 Å². The Morgan fingerprint density at radius 1 is 0.571 bits per heavy atom. The molecule has 0 spiro atoms. The molecule has 0 bridgehead atoms. The highest BCUT2D eigenvalue weighted by molar-refractivity contribution is 9.10. The molecule has 0 amide bonds. The van der Waals surface area contributed by atoms with Crippen molar-refractivity contribution in [1.29, 1.82) is 0 Å². The largest absolute Gasteiger partial charge is 0.497 e. The molecule has 0 aromatic heterocycles. The summed E-state index contributed by atoms with van der Waals surface area (Å²) in [5, 5.41) is 0. The summed E-state index contributed by atoms with van der Waals surface area (Å²) in [7, 11) is 6.57. The van der Waals surface area contributed by atoms with Crippen LogP contribution in [0.25, 0.3) is 0 Å². The molecule has 0 radical (unpaired) electrons. The Balaban J connectivity index is 2.17. The van der Waals surface area contributed by atoms with Crippen molar-refractivity contribution >= 4 is 33.0 Å². The van der Waals surface area contributed by atoms with Crippen LogP contribution in [0.4, 0.5) is 17.1 Å². The molecule has 146 valence electrons. The van der Waals surface area contributed by atoms with E-state index in [0.717, 1.165) is 33.0 Å². The molecular weight excluding hydrogens is 422 g/mol. The van der Waals surface area contributed by atoms with E-state index in [0.29, 0.717) is 11.5 Å².